The van der Waals surface area contributed by atoms with Crippen LogP contribution >= 0.6 is 0 Å². The fraction of sp³-hybridized carbons (Fsp3) is 0.448. The average Bonchev–Trinajstić information content (AvgIpc) is 2.83. The van der Waals surface area contributed by atoms with Gasteiger partial charge in [-0.15, -0.1) is 0 Å². The summed E-state index contributed by atoms with van der Waals surface area (Å²) >= 11 is 0. The van der Waals surface area contributed by atoms with Gasteiger partial charge in [-0.3, -0.25) is 4.79 Å². The van der Waals surface area contributed by atoms with E-state index >= 15 is 0 Å². The Hall–Kier alpha value is -2.88. The lowest BCUT2D eigenvalue weighted by Crippen LogP contribution is -2.21. The van der Waals surface area contributed by atoms with E-state index < -0.39 is 11.5 Å². The van der Waals surface area contributed by atoms with Gasteiger partial charge in [0.1, 0.15) is 16.9 Å². The first kappa shape index (κ1) is 24.8. The predicted octanol–water partition coefficient (Wildman–Crippen LogP) is 7.78. The van der Waals surface area contributed by atoms with E-state index in [0.29, 0.717) is 11.8 Å². The van der Waals surface area contributed by atoms with E-state index in [1.54, 1.807) is 24.3 Å². The van der Waals surface area contributed by atoms with E-state index in [9.17, 15) is 14.7 Å². The first-order valence-electron chi connectivity index (χ1n) is 12.5. The number of Topliss-reactive ketones (excluding diaryl/α,β-unsaturated/α-hetero) is 1. The predicted molar refractivity (Wildman–Crippen MR) is 134 cm³/mol. The van der Waals surface area contributed by atoms with Crippen molar-refractivity contribution in [3.63, 3.8) is 0 Å². The zero-order valence-corrected chi connectivity index (χ0v) is 19.7. The van der Waals surface area contributed by atoms with E-state index in [4.69, 9.17) is 4.42 Å². The molecule has 0 aliphatic heterocycles. The quantitative estimate of drug-likeness (QED) is 0.155. The average molecular weight is 449 g/mol. The van der Waals surface area contributed by atoms with Gasteiger partial charge >= 0.3 is 5.63 Å². The van der Waals surface area contributed by atoms with Crippen LogP contribution in [0.1, 0.15) is 99.4 Å². The van der Waals surface area contributed by atoms with Crippen molar-refractivity contribution < 1.29 is 14.3 Å². The lowest BCUT2D eigenvalue weighted by atomic mass is 9.86. The van der Waals surface area contributed by atoms with Crippen LogP contribution in [0.25, 0.3) is 11.0 Å². The van der Waals surface area contributed by atoms with Crippen molar-refractivity contribution in [2.24, 2.45) is 0 Å². The van der Waals surface area contributed by atoms with Crippen molar-refractivity contribution in [3.05, 3.63) is 76.1 Å². The number of aromatic hydroxyl groups is 1. The van der Waals surface area contributed by atoms with E-state index in [1.165, 1.54) is 44.9 Å². The van der Waals surface area contributed by atoms with Crippen LogP contribution in [0.2, 0.25) is 0 Å². The molecular formula is C29H36O4. The first-order valence-corrected chi connectivity index (χ1v) is 12.5. The molecule has 176 valence electrons. The van der Waals surface area contributed by atoms with Gasteiger partial charge in [0, 0.05) is 5.92 Å². The van der Waals surface area contributed by atoms with Gasteiger partial charge in [-0.2, -0.15) is 0 Å². The zero-order valence-electron chi connectivity index (χ0n) is 19.7. The second-order valence-corrected chi connectivity index (χ2v) is 8.91. The molecule has 0 radical (unpaired) electrons. The second kappa shape index (κ2) is 13.0. The molecular weight excluding hydrogens is 412 g/mol. The molecule has 1 unspecified atom stereocenters. The number of hydrogen-bond acceptors (Lipinski definition) is 4. The molecule has 1 heterocycles. The molecule has 1 atom stereocenters. The van der Waals surface area contributed by atoms with Gasteiger partial charge in [-0.25, -0.2) is 4.79 Å². The van der Waals surface area contributed by atoms with Gasteiger partial charge in [0.25, 0.3) is 0 Å². The van der Waals surface area contributed by atoms with Gasteiger partial charge in [0.2, 0.25) is 0 Å². The van der Waals surface area contributed by atoms with Crippen LogP contribution in [0.3, 0.4) is 0 Å². The number of hydrogen-bond donors (Lipinski definition) is 1. The van der Waals surface area contributed by atoms with Crippen molar-refractivity contribution in [2.45, 2.75) is 83.5 Å². The van der Waals surface area contributed by atoms with Gasteiger partial charge in [0.15, 0.2) is 5.78 Å². The Morgan fingerprint density at radius 3 is 2.06 bits per heavy atom. The molecule has 33 heavy (non-hydrogen) atoms. The third kappa shape index (κ3) is 6.80. The molecule has 3 rings (SSSR count). The molecule has 1 N–H and O–H groups in total. The Kier molecular flexibility index (Phi) is 9.74. The van der Waals surface area contributed by atoms with Crippen molar-refractivity contribution in [3.8, 4) is 5.75 Å². The van der Waals surface area contributed by atoms with Crippen molar-refractivity contribution >= 4 is 16.8 Å². The van der Waals surface area contributed by atoms with E-state index in [0.717, 1.165) is 24.8 Å². The molecule has 4 heteroatoms. The number of benzene rings is 2. The molecule has 0 fully saturated rings. The summed E-state index contributed by atoms with van der Waals surface area (Å²) in [6.45, 7) is 2.24. The molecule has 0 saturated heterocycles. The number of ketones is 1. The topological polar surface area (TPSA) is 67.5 Å². The Bertz CT molecular complexity index is 1070. The van der Waals surface area contributed by atoms with E-state index in [2.05, 4.69) is 6.92 Å². The molecule has 4 nitrogen and oxygen atoms in total. The second-order valence-electron chi connectivity index (χ2n) is 8.91. The number of fused-ring (bicyclic) bond motifs is 1. The summed E-state index contributed by atoms with van der Waals surface area (Å²) in [6.07, 6.45) is 12.9. The summed E-state index contributed by atoms with van der Waals surface area (Å²) in [5.41, 5.74) is 0.128. The zero-order chi connectivity index (χ0) is 23.5. The Labute approximate surface area is 196 Å². The van der Waals surface area contributed by atoms with Gasteiger partial charge < -0.3 is 9.52 Å². The van der Waals surface area contributed by atoms with Gasteiger partial charge in [0.05, 0.1) is 5.39 Å². The maximum Gasteiger partial charge on any atom is 0.351 e. The molecule has 0 amide bonds. The smallest absolute Gasteiger partial charge is 0.351 e. The van der Waals surface area contributed by atoms with Crippen molar-refractivity contribution in [2.75, 3.05) is 0 Å². The molecule has 1 aromatic heterocycles. The molecule has 0 bridgehead atoms. The SMILES string of the molecule is CCCCCCCCCCCCC(C(=O)c1c(O)c2ccccc2oc1=O)c1ccccc1. The molecule has 0 aliphatic rings. The lowest BCUT2D eigenvalue weighted by molar-refractivity contribution is 0.0947. The van der Waals surface area contributed by atoms with E-state index in [1.807, 2.05) is 30.3 Å². The van der Waals surface area contributed by atoms with Crippen LogP contribution in [-0.4, -0.2) is 10.9 Å². The Morgan fingerprint density at radius 2 is 1.39 bits per heavy atom. The molecule has 2 aromatic carbocycles. The molecule has 0 spiro atoms. The summed E-state index contributed by atoms with van der Waals surface area (Å²) in [5, 5.41) is 11.1. The highest BCUT2D eigenvalue weighted by Gasteiger charge is 2.28. The van der Waals surface area contributed by atoms with Crippen LogP contribution in [0.4, 0.5) is 0 Å². The van der Waals surface area contributed by atoms with Crippen molar-refractivity contribution in [1.82, 2.24) is 0 Å². The lowest BCUT2D eigenvalue weighted by Gasteiger charge is -2.17. The Balaban J connectivity index is 1.65. The van der Waals surface area contributed by atoms with Crippen LogP contribution in [-0.2, 0) is 0 Å². The molecule has 0 saturated carbocycles. The summed E-state index contributed by atoms with van der Waals surface area (Å²) in [5.74, 6) is -1.12. The maximum atomic E-state index is 13.5. The number of para-hydroxylation sites is 1. The van der Waals surface area contributed by atoms with Gasteiger partial charge in [-0.05, 0) is 24.1 Å². The fourth-order valence-corrected chi connectivity index (χ4v) is 4.50. The highest BCUT2D eigenvalue weighted by atomic mass is 16.4. The number of unbranched alkanes of at least 4 members (excludes halogenated alkanes) is 9. The normalized spacial score (nSPS) is 12.2. The van der Waals surface area contributed by atoms with Crippen molar-refractivity contribution in [1.29, 1.82) is 0 Å². The van der Waals surface area contributed by atoms with Crippen LogP contribution < -0.4 is 5.63 Å². The highest BCUT2D eigenvalue weighted by molar-refractivity contribution is 6.06. The van der Waals surface area contributed by atoms with E-state index in [-0.39, 0.29) is 22.7 Å². The monoisotopic (exact) mass is 448 g/mol. The summed E-state index contributed by atoms with van der Waals surface area (Å²) < 4.78 is 5.35. The minimum absolute atomic E-state index is 0.241. The fourth-order valence-electron chi connectivity index (χ4n) is 4.50. The number of rotatable bonds is 14. The summed E-state index contributed by atoms with van der Waals surface area (Å²) in [6, 6.07) is 16.3. The minimum atomic E-state index is -0.778. The number of carbonyl (C=O) groups is 1. The van der Waals surface area contributed by atoms with Crippen LogP contribution in [0.15, 0.2) is 63.8 Å². The van der Waals surface area contributed by atoms with Crippen LogP contribution in [0.5, 0.6) is 5.75 Å². The van der Waals surface area contributed by atoms with Gasteiger partial charge in [-0.1, -0.05) is 114 Å². The number of carbonyl (C=O) groups excluding carboxylic acids is 1. The standard InChI is InChI=1S/C29H36O4/c1-2-3-4-5-6-7-8-9-10-14-19-23(22-17-12-11-13-18-22)27(30)26-28(31)24-20-15-16-21-25(24)33-29(26)32/h11-13,15-18,20-21,23,31H,2-10,14,19H2,1H3. The largest absolute Gasteiger partial charge is 0.506 e. The Morgan fingerprint density at radius 1 is 0.818 bits per heavy atom. The van der Waals surface area contributed by atoms with Crippen LogP contribution in [0, 0.1) is 0 Å². The third-order valence-electron chi connectivity index (χ3n) is 6.40. The minimum Gasteiger partial charge on any atom is -0.506 e. The maximum absolute atomic E-state index is 13.5. The third-order valence-corrected chi connectivity index (χ3v) is 6.40. The molecule has 0 aliphatic carbocycles. The first-order chi connectivity index (χ1) is 16.1. The summed E-state index contributed by atoms with van der Waals surface area (Å²) in [4.78, 5) is 26.1. The summed E-state index contributed by atoms with van der Waals surface area (Å²) in [7, 11) is 0. The molecule has 3 aromatic rings. The highest BCUT2D eigenvalue weighted by Crippen LogP contribution is 2.32.